The number of imidazole rings is 1. The van der Waals surface area contributed by atoms with Gasteiger partial charge in [0.1, 0.15) is 10.3 Å². The predicted octanol–water partition coefficient (Wildman–Crippen LogP) is 3.24. The fourth-order valence-corrected chi connectivity index (χ4v) is 4.36. The largest absolute Gasteiger partial charge is 0.370 e. The minimum atomic E-state index is 0.737. The van der Waals surface area contributed by atoms with Gasteiger partial charge in [0.05, 0.1) is 4.21 Å². The number of thiophene rings is 1. The van der Waals surface area contributed by atoms with Crippen LogP contribution < -0.4 is 5.32 Å². The average molecular weight is 328 g/mol. The highest BCUT2D eigenvalue weighted by molar-refractivity contribution is 8.01. The monoisotopic (exact) mass is 328 g/mol. The predicted molar refractivity (Wildman–Crippen MR) is 88.8 cm³/mol. The molecule has 0 aliphatic carbocycles. The summed E-state index contributed by atoms with van der Waals surface area (Å²) < 4.78 is 3.24. The fourth-order valence-electron chi connectivity index (χ4n) is 2.27. The first-order chi connectivity index (χ1) is 10.8. The van der Waals surface area contributed by atoms with Crippen molar-refractivity contribution in [2.45, 2.75) is 16.3 Å². The van der Waals surface area contributed by atoms with Gasteiger partial charge in [-0.15, -0.1) is 11.3 Å². The third kappa shape index (κ3) is 2.11. The lowest BCUT2D eigenvalue weighted by Gasteiger charge is -2.04. The first-order valence-corrected chi connectivity index (χ1v) is 8.30. The molecular formula is C14H12N6S2. The van der Waals surface area contributed by atoms with E-state index in [0.29, 0.717) is 0 Å². The Balaban J connectivity index is 1.90. The van der Waals surface area contributed by atoms with Gasteiger partial charge >= 0.3 is 0 Å². The quantitative estimate of drug-likeness (QED) is 0.582. The van der Waals surface area contributed by atoms with Gasteiger partial charge in [-0.1, -0.05) is 0 Å². The Morgan fingerprint density at radius 2 is 2.05 bits per heavy atom. The van der Waals surface area contributed by atoms with E-state index in [1.54, 1.807) is 35.5 Å². The molecule has 0 saturated heterocycles. The number of aromatic nitrogens is 5. The van der Waals surface area contributed by atoms with Gasteiger partial charge in [-0.25, -0.2) is 19.9 Å². The topological polar surface area (TPSA) is 68.0 Å². The van der Waals surface area contributed by atoms with Gasteiger partial charge in [0, 0.05) is 31.3 Å². The van der Waals surface area contributed by atoms with Gasteiger partial charge in [0.2, 0.25) is 0 Å². The van der Waals surface area contributed by atoms with Crippen LogP contribution >= 0.6 is 23.1 Å². The summed E-state index contributed by atoms with van der Waals surface area (Å²) in [5.41, 5.74) is 2.89. The van der Waals surface area contributed by atoms with Gasteiger partial charge in [-0.05, 0) is 30.8 Å². The molecule has 6 nitrogen and oxygen atoms in total. The number of nitrogens with one attached hydrogen (secondary N) is 1. The normalized spacial score (nSPS) is 11.4. The zero-order valence-electron chi connectivity index (χ0n) is 11.9. The lowest BCUT2D eigenvalue weighted by atomic mass is 10.4. The Bertz CT molecular complexity index is 960. The molecule has 4 aromatic heterocycles. The summed E-state index contributed by atoms with van der Waals surface area (Å²) in [6, 6.07) is 3.88. The van der Waals surface area contributed by atoms with E-state index in [2.05, 4.69) is 35.7 Å². The number of rotatable bonds is 3. The van der Waals surface area contributed by atoms with Crippen molar-refractivity contribution in [2.75, 3.05) is 12.4 Å². The second-order valence-electron chi connectivity index (χ2n) is 4.66. The molecule has 4 rings (SSSR count). The summed E-state index contributed by atoms with van der Waals surface area (Å²) in [6.45, 7) is 2.05. The van der Waals surface area contributed by atoms with Crippen molar-refractivity contribution in [2.24, 2.45) is 0 Å². The minimum Gasteiger partial charge on any atom is -0.370 e. The molecule has 22 heavy (non-hydrogen) atoms. The Labute approximate surface area is 134 Å². The van der Waals surface area contributed by atoms with Gasteiger partial charge in [-0.3, -0.25) is 4.40 Å². The zero-order valence-corrected chi connectivity index (χ0v) is 13.6. The Morgan fingerprint density at radius 3 is 2.82 bits per heavy atom. The van der Waals surface area contributed by atoms with Crippen molar-refractivity contribution in [3.8, 4) is 0 Å². The lowest BCUT2D eigenvalue weighted by molar-refractivity contribution is 0.968. The SMILES string of the molecule is CNc1nc2cc(Sc3ncccn3)sc2n2c(C)cnc12. The van der Waals surface area contributed by atoms with Crippen LogP contribution in [-0.4, -0.2) is 31.4 Å². The molecule has 4 heterocycles. The molecule has 1 N–H and O–H groups in total. The summed E-state index contributed by atoms with van der Waals surface area (Å²) in [5, 5.41) is 3.85. The van der Waals surface area contributed by atoms with E-state index in [-0.39, 0.29) is 0 Å². The third-order valence-electron chi connectivity index (χ3n) is 3.23. The molecule has 8 heteroatoms. The van der Waals surface area contributed by atoms with E-state index in [1.807, 2.05) is 26.2 Å². The molecule has 0 aromatic carbocycles. The molecule has 0 saturated carbocycles. The minimum absolute atomic E-state index is 0.737. The second-order valence-corrected chi connectivity index (χ2v) is 6.96. The lowest BCUT2D eigenvalue weighted by Crippen LogP contribution is -1.98. The fraction of sp³-hybridized carbons (Fsp3) is 0.143. The average Bonchev–Trinajstić information content (AvgIpc) is 3.10. The van der Waals surface area contributed by atoms with Crippen molar-refractivity contribution < 1.29 is 0 Å². The smallest absolute Gasteiger partial charge is 0.193 e. The molecule has 0 aliphatic heterocycles. The summed E-state index contributed by atoms with van der Waals surface area (Å²) >= 11 is 3.22. The number of nitrogens with zero attached hydrogens (tertiary/aromatic N) is 5. The van der Waals surface area contributed by atoms with Crippen LogP contribution in [0.5, 0.6) is 0 Å². The van der Waals surface area contributed by atoms with Crippen LogP contribution in [0.25, 0.3) is 16.0 Å². The first kappa shape index (κ1) is 13.5. The number of aryl methyl sites for hydroxylation is 1. The summed E-state index contributed by atoms with van der Waals surface area (Å²) in [5.74, 6) is 0.783. The molecule has 0 unspecified atom stereocenters. The molecule has 0 radical (unpaired) electrons. The summed E-state index contributed by atoms with van der Waals surface area (Å²) in [6.07, 6.45) is 5.36. The molecule has 110 valence electrons. The molecule has 0 spiro atoms. The molecule has 0 fully saturated rings. The van der Waals surface area contributed by atoms with Crippen molar-refractivity contribution in [3.63, 3.8) is 0 Å². The standard InChI is InChI=1S/C14H12N6S2/c1-8-7-18-12-11(15-2)19-9-6-10(21-13(9)20(8)12)22-14-16-4-3-5-17-14/h3-7H,1-2H3,(H,15,19). The second kappa shape index (κ2) is 5.22. The molecule has 0 amide bonds. The molecule has 4 aromatic rings. The maximum absolute atomic E-state index is 4.66. The first-order valence-electron chi connectivity index (χ1n) is 6.66. The van der Waals surface area contributed by atoms with Crippen molar-refractivity contribution in [1.29, 1.82) is 0 Å². The summed E-state index contributed by atoms with van der Waals surface area (Å²) in [7, 11) is 1.86. The van der Waals surface area contributed by atoms with Crippen LogP contribution in [0, 0.1) is 6.92 Å². The number of hydrogen-bond acceptors (Lipinski definition) is 7. The van der Waals surface area contributed by atoms with Crippen molar-refractivity contribution in [1.82, 2.24) is 24.3 Å². The highest BCUT2D eigenvalue weighted by Crippen LogP contribution is 2.36. The van der Waals surface area contributed by atoms with Crippen LogP contribution in [0.1, 0.15) is 5.69 Å². The molecule has 0 atom stereocenters. The maximum atomic E-state index is 4.66. The zero-order chi connectivity index (χ0) is 15.1. The van der Waals surface area contributed by atoms with Crippen LogP contribution in [0.2, 0.25) is 0 Å². The van der Waals surface area contributed by atoms with E-state index < -0.39 is 0 Å². The number of fused-ring (bicyclic) bond motifs is 3. The maximum Gasteiger partial charge on any atom is 0.193 e. The molecule has 0 aliphatic rings. The summed E-state index contributed by atoms with van der Waals surface area (Å²) in [4.78, 5) is 18.7. The van der Waals surface area contributed by atoms with Crippen molar-refractivity contribution >= 4 is 44.9 Å². The van der Waals surface area contributed by atoms with E-state index in [4.69, 9.17) is 0 Å². The van der Waals surface area contributed by atoms with Crippen LogP contribution in [0.4, 0.5) is 5.82 Å². The van der Waals surface area contributed by atoms with Crippen LogP contribution in [0.15, 0.2) is 40.1 Å². The number of anilines is 1. The van der Waals surface area contributed by atoms with E-state index in [1.165, 1.54) is 0 Å². The van der Waals surface area contributed by atoms with Gasteiger partial charge in [0.15, 0.2) is 16.6 Å². The Hall–Kier alpha value is -2.19. The van der Waals surface area contributed by atoms with Crippen LogP contribution in [-0.2, 0) is 0 Å². The highest BCUT2D eigenvalue weighted by Gasteiger charge is 2.14. The van der Waals surface area contributed by atoms with Crippen LogP contribution in [0.3, 0.4) is 0 Å². The Kier molecular flexibility index (Phi) is 3.20. The van der Waals surface area contributed by atoms with Gasteiger partial charge in [0.25, 0.3) is 0 Å². The van der Waals surface area contributed by atoms with Gasteiger partial charge in [-0.2, -0.15) is 0 Å². The van der Waals surface area contributed by atoms with Crippen molar-refractivity contribution in [3.05, 3.63) is 36.4 Å². The van der Waals surface area contributed by atoms with E-state index in [0.717, 1.165) is 36.9 Å². The molecular weight excluding hydrogens is 316 g/mol. The third-order valence-corrected chi connectivity index (χ3v) is 5.34. The molecule has 0 bridgehead atoms. The van der Waals surface area contributed by atoms with Gasteiger partial charge < -0.3 is 5.32 Å². The van der Waals surface area contributed by atoms with E-state index in [9.17, 15) is 0 Å². The highest BCUT2D eigenvalue weighted by atomic mass is 32.2. The number of hydrogen-bond donors (Lipinski definition) is 1. The van der Waals surface area contributed by atoms with E-state index >= 15 is 0 Å². The Morgan fingerprint density at radius 1 is 1.23 bits per heavy atom.